The first-order valence-corrected chi connectivity index (χ1v) is 13.0. The molecule has 190 valence electrons. The van der Waals surface area contributed by atoms with Crippen molar-refractivity contribution in [1.29, 1.82) is 5.26 Å². The minimum atomic E-state index is -0.502. The number of thiazole rings is 1. The predicted octanol–water partition coefficient (Wildman–Crippen LogP) is 4.18. The quantitative estimate of drug-likeness (QED) is 0.284. The topological polar surface area (TPSA) is 140 Å². The lowest BCUT2D eigenvalue weighted by molar-refractivity contribution is 0.0949. The van der Waals surface area contributed by atoms with Gasteiger partial charge in [0.25, 0.3) is 11.8 Å². The number of para-hydroxylation sites is 1. The summed E-state index contributed by atoms with van der Waals surface area (Å²) in [5.74, 6) is -0.684. The second kappa shape index (κ2) is 11.2. The van der Waals surface area contributed by atoms with Gasteiger partial charge in [-0.3, -0.25) is 9.59 Å². The highest BCUT2D eigenvalue weighted by atomic mass is 32.1. The number of hydrogen-bond donors (Lipinski definition) is 4. The monoisotopic (exact) mass is 524 g/mol. The van der Waals surface area contributed by atoms with E-state index in [-0.39, 0.29) is 34.1 Å². The fraction of sp³-hybridized carbons (Fsp3) is 0.179. The zero-order valence-electron chi connectivity index (χ0n) is 20.3. The van der Waals surface area contributed by atoms with Gasteiger partial charge in [-0.1, -0.05) is 24.3 Å². The Morgan fingerprint density at radius 3 is 2.74 bits per heavy atom. The van der Waals surface area contributed by atoms with Gasteiger partial charge in [0.15, 0.2) is 10.8 Å². The summed E-state index contributed by atoms with van der Waals surface area (Å²) in [5.41, 5.74) is 2.41. The Morgan fingerprint density at radius 2 is 2.00 bits per heavy atom. The molecule has 1 fully saturated rings. The Bertz CT molecular complexity index is 1520. The molecule has 1 aliphatic rings. The Hall–Kier alpha value is -4.59. The van der Waals surface area contributed by atoms with E-state index in [0.717, 1.165) is 30.7 Å². The van der Waals surface area contributed by atoms with Gasteiger partial charge in [-0.25, -0.2) is 9.97 Å². The Kier molecular flexibility index (Phi) is 7.40. The molecule has 1 saturated heterocycles. The minimum Gasteiger partial charge on any atom is -0.507 e. The zero-order chi connectivity index (χ0) is 26.5. The fourth-order valence-corrected chi connectivity index (χ4v) is 4.91. The number of aromatic hydroxyl groups is 1. The fourth-order valence-electron chi connectivity index (χ4n) is 4.38. The number of phenols is 1. The molecule has 10 heteroatoms. The van der Waals surface area contributed by atoms with Crippen molar-refractivity contribution in [2.75, 3.05) is 18.4 Å². The molecule has 9 nitrogen and oxygen atoms in total. The highest BCUT2D eigenvalue weighted by molar-refractivity contribution is 7.11. The van der Waals surface area contributed by atoms with Crippen LogP contribution in [0.2, 0.25) is 0 Å². The number of carbonyl (C=O) groups excluding carboxylic acids is 2. The third kappa shape index (κ3) is 5.39. The van der Waals surface area contributed by atoms with Crippen molar-refractivity contribution in [2.45, 2.75) is 18.9 Å². The van der Waals surface area contributed by atoms with Crippen molar-refractivity contribution in [1.82, 2.24) is 20.6 Å². The second-order valence-electron chi connectivity index (χ2n) is 8.78. The van der Waals surface area contributed by atoms with Crippen molar-refractivity contribution >= 4 is 29.0 Å². The number of hydrogen-bond acceptors (Lipinski definition) is 8. The summed E-state index contributed by atoms with van der Waals surface area (Å²) in [5, 5.41) is 31.5. The van der Waals surface area contributed by atoms with E-state index in [9.17, 15) is 20.0 Å². The summed E-state index contributed by atoms with van der Waals surface area (Å²) in [4.78, 5) is 34.3. The summed E-state index contributed by atoms with van der Waals surface area (Å²) in [7, 11) is 0. The molecule has 4 aromatic rings. The van der Waals surface area contributed by atoms with Crippen LogP contribution in [0, 0.1) is 11.3 Å². The number of amides is 2. The van der Waals surface area contributed by atoms with Crippen molar-refractivity contribution in [2.24, 2.45) is 0 Å². The first kappa shape index (κ1) is 25.1. The zero-order valence-corrected chi connectivity index (χ0v) is 21.1. The van der Waals surface area contributed by atoms with Crippen LogP contribution in [-0.4, -0.2) is 46.0 Å². The second-order valence-corrected chi connectivity index (χ2v) is 9.68. The molecule has 5 rings (SSSR count). The summed E-state index contributed by atoms with van der Waals surface area (Å²) >= 11 is 1.16. The van der Waals surface area contributed by atoms with Gasteiger partial charge in [-0.2, -0.15) is 5.26 Å². The number of nitriles is 1. The minimum absolute atomic E-state index is 0.00140. The van der Waals surface area contributed by atoms with Crippen LogP contribution in [0.25, 0.3) is 22.4 Å². The Balaban J connectivity index is 1.55. The molecule has 2 aromatic carbocycles. The normalized spacial score (nSPS) is 14.6. The molecule has 0 bridgehead atoms. The molecule has 2 amide bonds. The Labute approximate surface area is 223 Å². The molecule has 0 aliphatic carbocycles. The molecule has 4 N–H and O–H groups in total. The van der Waals surface area contributed by atoms with Crippen LogP contribution in [0.3, 0.4) is 0 Å². The van der Waals surface area contributed by atoms with Crippen LogP contribution in [0.5, 0.6) is 5.75 Å². The molecular formula is C28H24N6O3S. The van der Waals surface area contributed by atoms with E-state index in [1.54, 1.807) is 53.9 Å². The van der Waals surface area contributed by atoms with Crippen molar-refractivity contribution in [3.05, 3.63) is 82.3 Å². The number of pyridine rings is 1. The number of phenolic OH excluding ortho intramolecular Hbond substituents is 1. The Morgan fingerprint density at radius 1 is 1.13 bits per heavy atom. The number of aromatic nitrogens is 2. The van der Waals surface area contributed by atoms with Crippen LogP contribution in [-0.2, 0) is 0 Å². The van der Waals surface area contributed by atoms with Crippen molar-refractivity contribution in [3.8, 4) is 34.2 Å². The lowest BCUT2D eigenvalue weighted by atomic mass is 9.96. The van der Waals surface area contributed by atoms with E-state index in [1.807, 2.05) is 0 Å². The van der Waals surface area contributed by atoms with Gasteiger partial charge in [-0.15, -0.1) is 11.3 Å². The maximum Gasteiger partial charge on any atom is 0.285 e. The molecular weight excluding hydrogens is 500 g/mol. The van der Waals surface area contributed by atoms with Crippen LogP contribution in [0.15, 0.2) is 66.2 Å². The SMILES string of the molecule is N#Cc1c(-c2cccc(C(=O)NCC3CCCN3)c2)cc(-c2ccccc2O)nc1NC(=O)c1nccs1. The lowest BCUT2D eigenvalue weighted by Gasteiger charge is -2.15. The molecule has 1 unspecified atom stereocenters. The van der Waals surface area contributed by atoms with E-state index in [2.05, 4.69) is 32.0 Å². The van der Waals surface area contributed by atoms with Crippen molar-refractivity contribution < 1.29 is 14.7 Å². The summed E-state index contributed by atoms with van der Waals surface area (Å²) in [6, 6.07) is 17.7. The van der Waals surface area contributed by atoms with E-state index in [0.29, 0.717) is 34.5 Å². The van der Waals surface area contributed by atoms with Gasteiger partial charge >= 0.3 is 0 Å². The number of nitrogens with zero attached hydrogens (tertiary/aromatic N) is 3. The molecule has 38 heavy (non-hydrogen) atoms. The van der Waals surface area contributed by atoms with Gasteiger partial charge in [0.1, 0.15) is 17.4 Å². The highest BCUT2D eigenvalue weighted by Gasteiger charge is 2.21. The van der Waals surface area contributed by atoms with Crippen LogP contribution in [0.1, 0.15) is 38.6 Å². The molecule has 0 radical (unpaired) electrons. The summed E-state index contributed by atoms with van der Waals surface area (Å²) < 4.78 is 0. The standard InChI is InChI=1S/C28H24N6O3S/c29-15-22-21(17-5-3-6-18(13-17)26(36)32-16-19-7-4-10-30-19)14-23(20-8-1-2-9-24(20)35)33-25(22)34-27(37)28-31-11-12-38-28/h1-3,5-6,8-9,11-14,19,30,35H,4,7,10,16H2,(H,32,36)(H,33,34,37). The third-order valence-corrected chi connectivity index (χ3v) is 7.05. The number of benzene rings is 2. The first-order chi connectivity index (χ1) is 18.5. The van der Waals surface area contributed by atoms with E-state index >= 15 is 0 Å². The lowest BCUT2D eigenvalue weighted by Crippen LogP contribution is -2.37. The van der Waals surface area contributed by atoms with Gasteiger partial charge < -0.3 is 21.1 Å². The van der Waals surface area contributed by atoms with Gasteiger partial charge in [-0.05, 0) is 55.3 Å². The van der Waals surface area contributed by atoms with E-state index in [1.165, 1.54) is 12.3 Å². The number of rotatable bonds is 7. The van der Waals surface area contributed by atoms with E-state index < -0.39 is 5.91 Å². The maximum atomic E-state index is 12.9. The average molecular weight is 525 g/mol. The molecule has 3 heterocycles. The first-order valence-electron chi connectivity index (χ1n) is 12.1. The highest BCUT2D eigenvalue weighted by Crippen LogP contribution is 2.35. The smallest absolute Gasteiger partial charge is 0.285 e. The van der Waals surface area contributed by atoms with Gasteiger partial charge in [0, 0.05) is 40.9 Å². The summed E-state index contributed by atoms with van der Waals surface area (Å²) in [6.45, 7) is 1.49. The molecule has 0 spiro atoms. The maximum absolute atomic E-state index is 12.9. The third-order valence-electron chi connectivity index (χ3n) is 6.28. The predicted molar refractivity (Wildman–Crippen MR) is 145 cm³/mol. The number of anilines is 1. The number of carbonyl (C=O) groups is 2. The number of nitrogens with one attached hydrogen (secondary N) is 3. The van der Waals surface area contributed by atoms with Gasteiger partial charge in [0.05, 0.1) is 5.69 Å². The summed E-state index contributed by atoms with van der Waals surface area (Å²) in [6.07, 6.45) is 3.63. The van der Waals surface area contributed by atoms with Crippen LogP contribution >= 0.6 is 11.3 Å². The van der Waals surface area contributed by atoms with Crippen LogP contribution in [0.4, 0.5) is 5.82 Å². The molecule has 0 saturated carbocycles. The largest absolute Gasteiger partial charge is 0.507 e. The van der Waals surface area contributed by atoms with Crippen molar-refractivity contribution in [3.63, 3.8) is 0 Å². The molecule has 1 atom stereocenters. The average Bonchev–Trinajstić information content (AvgIpc) is 3.67. The van der Waals surface area contributed by atoms with Crippen LogP contribution < -0.4 is 16.0 Å². The van der Waals surface area contributed by atoms with Gasteiger partial charge in [0.2, 0.25) is 0 Å². The molecule has 2 aromatic heterocycles. The van der Waals surface area contributed by atoms with E-state index in [4.69, 9.17) is 0 Å². The molecule has 1 aliphatic heterocycles.